The summed E-state index contributed by atoms with van der Waals surface area (Å²) < 4.78 is 0. The third-order valence-electron chi connectivity index (χ3n) is 1.94. The molecule has 1 heterocycles. The summed E-state index contributed by atoms with van der Waals surface area (Å²) in [6, 6.07) is 2.57. The molecule has 0 bridgehead atoms. The van der Waals surface area contributed by atoms with Crippen molar-refractivity contribution in [1.82, 2.24) is 5.32 Å². The summed E-state index contributed by atoms with van der Waals surface area (Å²) in [5.74, 6) is -0.348. The van der Waals surface area contributed by atoms with Gasteiger partial charge < -0.3 is 10.4 Å². The summed E-state index contributed by atoms with van der Waals surface area (Å²) in [5.41, 5.74) is 0. The summed E-state index contributed by atoms with van der Waals surface area (Å²) in [5, 5.41) is 21.7. The Kier molecular flexibility index (Phi) is 4.39. The van der Waals surface area contributed by atoms with Gasteiger partial charge in [-0.05, 0) is 19.4 Å². The second kappa shape index (κ2) is 5.57. The average molecular weight is 244 g/mol. The van der Waals surface area contributed by atoms with Crippen molar-refractivity contribution in [3.8, 4) is 0 Å². The summed E-state index contributed by atoms with van der Waals surface area (Å²) in [6.07, 6.45) is 0.458. The van der Waals surface area contributed by atoms with E-state index in [1.54, 1.807) is 6.92 Å². The standard InChI is InChI=1S/C9H12N2O4S/c1-6(4-5-12)10-9(13)7-2-3-8(16-7)11(14)15/h2-3,6,12H,4-5H2,1H3,(H,10,13). The van der Waals surface area contributed by atoms with Crippen LogP contribution in [0.1, 0.15) is 23.0 Å². The molecule has 0 saturated heterocycles. The Morgan fingerprint density at radius 3 is 2.88 bits per heavy atom. The monoisotopic (exact) mass is 244 g/mol. The lowest BCUT2D eigenvalue weighted by Crippen LogP contribution is -2.32. The van der Waals surface area contributed by atoms with Crippen LogP contribution in [-0.2, 0) is 0 Å². The minimum atomic E-state index is -0.529. The number of thiophene rings is 1. The molecule has 88 valence electrons. The Balaban J connectivity index is 2.62. The van der Waals surface area contributed by atoms with Gasteiger partial charge in [0.25, 0.3) is 5.91 Å². The maximum Gasteiger partial charge on any atom is 0.324 e. The second-order valence-electron chi connectivity index (χ2n) is 3.28. The van der Waals surface area contributed by atoms with Crippen LogP contribution in [0.15, 0.2) is 12.1 Å². The van der Waals surface area contributed by atoms with Crippen molar-refractivity contribution in [3.63, 3.8) is 0 Å². The first-order valence-corrected chi connectivity index (χ1v) is 5.52. The third-order valence-corrected chi connectivity index (χ3v) is 2.97. The van der Waals surface area contributed by atoms with Gasteiger partial charge in [0.2, 0.25) is 0 Å². The Labute approximate surface area is 96.1 Å². The van der Waals surface area contributed by atoms with Crippen LogP contribution in [0, 0.1) is 10.1 Å². The van der Waals surface area contributed by atoms with E-state index in [0.717, 1.165) is 11.3 Å². The Morgan fingerprint density at radius 2 is 2.38 bits per heavy atom. The zero-order chi connectivity index (χ0) is 12.1. The fourth-order valence-electron chi connectivity index (χ4n) is 1.11. The fraction of sp³-hybridized carbons (Fsp3) is 0.444. The molecular weight excluding hydrogens is 232 g/mol. The molecule has 0 aliphatic heterocycles. The largest absolute Gasteiger partial charge is 0.396 e. The Bertz CT molecular complexity index is 391. The highest BCUT2D eigenvalue weighted by atomic mass is 32.1. The van der Waals surface area contributed by atoms with Crippen LogP contribution in [0.3, 0.4) is 0 Å². The van der Waals surface area contributed by atoms with E-state index in [2.05, 4.69) is 5.32 Å². The molecule has 1 aromatic rings. The van der Waals surface area contributed by atoms with Crippen LogP contribution in [0.4, 0.5) is 5.00 Å². The van der Waals surface area contributed by atoms with E-state index in [-0.39, 0.29) is 23.6 Å². The molecule has 0 aliphatic rings. The van der Waals surface area contributed by atoms with Gasteiger partial charge in [-0.1, -0.05) is 11.3 Å². The van der Waals surface area contributed by atoms with Crippen molar-refractivity contribution in [2.45, 2.75) is 19.4 Å². The van der Waals surface area contributed by atoms with Gasteiger partial charge in [-0.2, -0.15) is 0 Å². The van der Waals surface area contributed by atoms with Gasteiger partial charge in [0.1, 0.15) is 0 Å². The molecule has 6 nitrogen and oxygen atoms in total. The smallest absolute Gasteiger partial charge is 0.324 e. The average Bonchev–Trinajstić information content (AvgIpc) is 2.66. The van der Waals surface area contributed by atoms with Crippen molar-refractivity contribution < 1.29 is 14.8 Å². The first kappa shape index (κ1) is 12.6. The molecule has 1 amide bonds. The van der Waals surface area contributed by atoms with Crippen LogP contribution in [-0.4, -0.2) is 28.6 Å². The zero-order valence-electron chi connectivity index (χ0n) is 8.67. The molecule has 2 N–H and O–H groups in total. The number of aliphatic hydroxyl groups excluding tert-OH is 1. The lowest BCUT2D eigenvalue weighted by molar-refractivity contribution is -0.380. The minimum Gasteiger partial charge on any atom is -0.396 e. The molecule has 1 atom stereocenters. The highest BCUT2D eigenvalue weighted by Gasteiger charge is 2.16. The predicted octanol–water partition coefficient (Wildman–Crippen LogP) is 1.16. The number of nitrogens with one attached hydrogen (secondary N) is 1. The van der Waals surface area contributed by atoms with E-state index in [0.29, 0.717) is 11.3 Å². The minimum absolute atomic E-state index is 0.00790. The highest BCUT2D eigenvalue weighted by molar-refractivity contribution is 7.17. The van der Waals surface area contributed by atoms with E-state index in [1.165, 1.54) is 12.1 Å². The molecule has 1 rings (SSSR count). The zero-order valence-corrected chi connectivity index (χ0v) is 9.49. The van der Waals surface area contributed by atoms with E-state index in [9.17, 15) is 14.9 Å². The highest BCUT2D eigenvalue weighted by Crippen LogP contribution is 2.23. The maximum atomic E-state index is 11.6. The molecule has 16 heavy (non-hydrogen) atoms. The van der Waals surface area contributed by atoms with Crippen molar-refractivity contribution in [2.75, 3.05) is 6.61 Å². The van der Waals surface area contributed by atoms with E-state index in [4.69, 9.17) is 5.11 Å². The third kappa shape index (κ3) is 3.28. The van der Waals surface area contributed by atoms with Crippen LogP contribution >= 0.6 is 11.3 Å². The molecule has 0 radical (unpaired) electrons. The van der Waals surface area contributed by atoms with Crippen LogP contribution in [0.5, 0.6) is 0 Å². The van der Waals surface area contributed by atoms with Gasteiger partial charge in [0, 0.05) is 18.7 Å². The van der Waals surface area contributed by atoms with Gasteiger partial charge in [0.05, 0.1) is 9.80 Å². The first-order chi connectivity index (χ1) is 7.54. The number of aliphatic hydroxyl groups is 1. The number of nitro groups is 1. The van der Waals surface area contributed by atoms with Gasteiger partial charge in [-0.3, -0.25) is 14.9 Å². The van der Waals surface area contributed by atoms with Crippen molar-refractivity contribution in [3.05, 3.63) is 27.1 Å². The normalized spacial score (nSPS) is 12.1. The molecule has 0 aliphatic carbocycles. The van der Waals surface area contributed by atoms with E-state index < -0.39 is 4.92 Å². The summed E-state index contributed by atoms with van der Waals surface area (Å²) in [7, 11) is 0. The number of amides is 1. The topological polar surface area (TPSA) is 92.5 Å². The van der Waals surface area contributed by atoms with Crippen LogP contribution in [0.2, 0.25) is 0 Å². The Morgan fingerprint density at radius 1 is 1.69 bits per heavy atom. The number of carbonyl (C=O) groups excluding carboxylic acids is 1. The molecular formula is C9H12N2O4S. The molecule has 7 heteroatoms. The number of hydrogen-bond donors (Lipinski definition) is 2. The molecule has 1 aromatic heterocycles. The van der Waals surface area contributed by atoms with Crippen LogP contribution < -0.4 is 5.32 Å². The lowest BCUT2D eigenvalue weighted by Gasteiger charge is -2.10. The molecule has 0 aromatic carbocycles. The number of rotatable bonds is 5. The number of hydrogen-bond acceptors (Lipinski definition) is 5. The Hall–Kier alpha value is -1.47. The van der Waals surface area contributed by atoms with Crippen LogP contribution in [0.25, 0.3) is 0 Å². The van der Waals surface area contributed by atoms with E-state index in [1.807, 2.05) is 0 Å². The number of carbonyl (C=O) groups is 1. The molecule has 0 saturated carbocycles. The summed E-state index contributed by atoms with van der Waals surface area (Å²) in [4.78, 5) is 21.7. The second-order valence-corrected chi connectivity index (χ2v) is 4.34. The quantitative estimate of drug-likeness (QED) is 0.600. The van der Waals surface area contributed by atoms with Gasteiger partial charge >= 0.3 is 5.00 Å². The predicted molar refractivity (Wildman–Crippen MR) is 59.6 cm³/mol. The SMILES string of the molecule is CC(CCO)NC(=O)c1ccc([N+](=O)[O-])s1. The number of nitrogens with zero attached hydrogens (tertiary/aromatic N) is 1. The molecule has 0 fully saturated rings. The van der Waals surface area contributed by atoms with Crippen molar-refractivity contribution in [1.29, 1.82) is 0 Å². The first-order valence-electron chi connectivity index (χ1n) is 4.70. The maximum absolute atomic E-state index is 11.6. The van der Waals surface area contributed by atoms with Crippen molar-refractivity contribution in [2.24, 2.45) is 0 Å². The van der Waals surface area contributed by atoms with Gasteiger partial charge in [-0.25, -0.2) is 0 Å². The van der Waals surface area contributed by atoms with Gasteiger partial charge in [0.15, 0.2) is 0 Å². The lowest BCUT2D eigenvalue weighted by atomic mass is 10.2. The summed E-state index contributed by atoms with van der Waals surface area (Å²) in [6.45, 7) is 1.75. The van der Waals surface area contributed by atoms with E-state index >= 15 is 0 Å². The molecule has 1 unspecified atom stereocenters. The van der Waals surface area contributed by atoms with Crippen molar-refractivity contribution >= 4 is 22.2 Å². The molecule has 0 spiro atoms. The summed E-state index contributed by atoms with van der Waals surface area (Å²) >= 11 is 0.836. The fourth-order valence-corrected chi connectivity index (χ4v) is 1.83. The van der Waals surface area contributed by atoms with Gasteiger partial charge in [-0.15, -0.1) is 0 Å².